The Morgan fingerprint density at radius 1 is 1.35 bits per heavy atom. The topological polar surface area (TPSA) is 49.4 Å². The maximum atomic E-state index is 13.7. The number of benzene rings is 1. The molecule has 114 valence electrons. The third kappa shape index (κ3) is 4.54. The van der Waals surface area contributed by atoms with Crippen LogP contribution in [0.15, 0.2) is 24.3 Å². The lowest BCUT2D eigenvalue weighted by Crippen LogP contribution is -2.33. The van der Waals surface area contributed by atoms with Gasteiger partial charge in [-0.1, -0.05) is 25.1 Å². The molecule has 1 N–H and O–H groups in total. The van der Waals surface area contributed by atoms with Crippen molar-refractivity contribution in [3.8, 4) is 0 Å². The van der Waals surface area contributed by atoms with Crippen LogP contribution in [0.5, 0.6) is 0 Å². The molecule has 20 heavy (non-hydrogen) atoms. The average molecular weight is 302 g/mol. The lowest BCUT2D eigenvalue weighted by Gasteiger charge is -2.25. The van der Waals surface area contributed by atoms with Gasteiger partial charge < -0.3 is 5.32 Å². The van der Waals surface area contributed by atoms with Crippen LogP contribution in [0.2, 0.25) is 0 Å². The second-order valence-electron chi connectivity index (χ2n) is 4.74. The van der Waals surface area contributed by atoms with E-state index >= 15 is 0 Å². The van der Waals surface area contributed by atoms with Crippen LogP contribution in [0.3, 0.4) is 0 Å². The molecule has 0 radical (unpaired) electrons. The third-order valence-electron chi connectivity index (χ3n) is 3.35. The Kier molecular flexibility index (Phi) is 6.58. The summed E-state index contributed by atoms with van der Waals surface area (Å²) in [6.07, 6.45) is 0.546. The second kappa shape index (κ2) is 7.71. The summed E-state index contributed by atoms with van der Waals surface area (Å²) in [7, 11) is -1.88. The molecular weight excluding hydrogens is 279 g/mol. The minimum atomic E-state index is -3.38. The molecule has 0 amide bonds. The number of nitrogens with one attached hydrogen (secondary N) is 1. The molecule has 0 bridgehead atoms. The molecule has 4 nitrogen and oxygen atoms in total. The maximum Gasteiger partial charge on any atom is 0.214 e. The fraction of sp³-hybridized carbons (Fsp3) is 0.571. The summed E-state index contributed by atoms with van der Waals surface area (Å²) in [4.78, 5) is 0. The largest absolute Gasteiger partial charge is 0.317 e. The molecule has 0 saturated carbocycles. The molecule has 1 rings (SSSR count). The van der Waals surface area contributed by atoms with Crippen molar-refractivity contribution in [3.63, 3.8) is 0 Å². The van der Waals surface area contributed by atoms with Crippen molar-refractivity contribution in [3.05, 3.63) is 35.6 Å². The first-order valence-electron chi connectivity index (χ1n) is 6.81. The van der Waals surface area contributed by atoms with Gasteiger partial charge in [-0.15, -0.1) is 0 Å². The van der Waals surface area contributed by atoms with Gasteiger partial charge in [0.2, 0.25) is 10.0 Å². The zero-order valence-corrected chi connectivity index (χ0v) is 13.1. The van der Waals surface area contributed by atoms with Gasteiger partial charge in [-0.05, 0) is 32.5 Å². The Labute approximate surface area is 121 Å². The van der Waals surface area contributed by atoms with E-state index in [0.717, 1.165) is 6.54 Å². The molecule has 1 aromatic carbocycles. The van der Waals surface area contributed by atoms with Gasteiger partial charge >= 0.3 is 0 Å². The molecule has 1 atom stereocenters. The summed E-state index contributed by atoms with van der Waals surface area (Å²) in [6.45, 7) is 5.15. The van der Waals surface area contributed by atoms with Crippen molar-refractivity contribution in [2.24, 2.45) is 0 Å². The maximum absolute atomic E-state index is 13.7. The van der Waals surface area contributed by atoms with Gasteiger partial charge in [0, 0.05) is 18.7 Å². The molecule has 0 aromatic heterocycles. The van der Waals surface area contributed by atoms with Gasteiger partial charge in [0.15, 0.2) is 0 Å². The van der Waals surface area contributed by atoms with E-state index in [0.29, 0.717) is 18.5 Å². The highest BCUT2D eigenvalue weighted by atomic mass is 32.2. The predicted octanol–water partition coefficient (Wildman–Crippen LogP) is 2.15. The van der Waals surface area contributed by atoms with Crippen molar-refractivity contribution in [1.82, 2.24) is 9.62 Å². The number of halogens is 1. The zero-order chi connectivity index (χ0) is 15.2. The van der Waals surface area contributed by atoms with Crippen molar-refractivity contribution >= 4 is 10.0 Å². The van der Waals surface area contributed by atoms with Crippen LogP contribution < -0.4 is 5.32 Å². The minimum Gasteiger partial charge on any atom is -0.317 e. The fourth-order valence-electron chi connectivity index (χ4n) is 1.95. The Morgan fingerprint density at radius 2 is 2.00 bits per heavy atom. The zero-order valence-electron chi connectivity index (χ0n) is 12.3. The van der Waals surface area contributed by atoms with Crippen LogP contribution >= 0.6 is 0 Å². The smallest absolute Gasteiger partial charge is 0.214 e. The van der Waals surface area contributed by atoms with Crippen LogP contribution in [0, 0.1) is 5.82 Å². The average Bonchev–Trinajstić information content (AvgIpc) is 2.42. The molecule has 0 aliphatic carbocycles. The van der Waals surface area contributed by atoms with Gasteiger partial charge in [0.25, 0.3) is 0 Å². The van der Waals surface area contributed by atoms with Crippen molar-refractivity contribution < 1.29 is 12.8 Å². The number of nitrogens with zero attached hydrogens (tertiary/aromatic N) is 1. The van der Waals surface area contributed by atoms with E-state index in [1.165, 1.54) is 17.4 Å². The molecule has 0 saturated heterocycles. The van der Waals surface area contributed by atoms with E-state index in [2.05, 4.69) is 5.32 Å². The monoisotopic (exact) mass is 302 g/mol. The first kappa shape index (κ1) is 17.1. The summed E-state index contributed by atoms with van der Waals surface area (Å²) in [5.41, 5.74) is 0.394. The van der Waals surface area contributed by atoms with Gasteiger partial charge in [-0.25, -0.2) is 12.8 Å². The number of hydrogen-bond acceptors (Lipinski definition) is 3. The van der Waals surface area contributed by atoms with E-state index in [1.807, 2.05) is 6.92 Å². The highest BCUT2D eigenvalue weighted by Crippen LogP contribution is 2.24. The van der Waals surface area contributed by atoms with E-state index in [4.69, 9.17) is 0 Å². The standard InChI is InChI=1S/C14H23FN2O2S/c1-4-16-10-7-11-20(18,19)17(3)12(2)13-8-5-6-9-14(13)15/h5-6,8-9,12,16H,4,7,10-11H2,1-3H3. The highest BCUT2D eigenvalue weighted by molar-refractivity contribution is 7.89. The minimum absolute atomic E-state index is 0.0648. The first-order valence-corrected chi connectivity index (χ1v) is 8.42. The lowest BCUT2D eigenvalue weighted by molar-refractivity contribution is 0.387. The van der Waals surface area contributed by atoms with Crippen molar-refractivity contribution in [2.75, 3.05) is 25.9 Å². The van der Waals surface area contributed by atoms with Crippen LogP contribution in [0.4, 0.5) is 4.39 Å². The molecule has 0 aliphatic rings. The Morgan fingerprint density at radius 3 is 2.60 bits per heavy atom. The molecule has 1 unspecified atom stereocenters. The van der Waals surface area contributed by atoms with E-state index in [9.17, 15) is 12.8 Å². The number of rotatable bonds is 8. The molecule has 1 aromatic rings. The predicted molar refractivity (Wildman–Crippen MR) is 79.5 cm³/mol. The number of hydrogen-bond donors (Lipinski definition) is 1. The lowest BCUT2D eigenvalue weighted by atomic mass is 10.1. The van der Waals surface area contributed by atoms with Gasteiger partial charge in [0.05, 0.1) is 5.75 Å². The van der Waals surface area contributed by atoms with Gasteiger partial charge in [-0.2, -0.15) is 4.31 Å². The summed E-state index contributed by atoms with van der Waals surface area (Å²) >= 11 is 0. The van der Waals surface area contributed by atoms with Gasteiger partial charge in [0.1, 0.15) is 5.82 Å². The normalized spacial score (nSPS) is 13.7. The second-order valence-corrected chi connectivity index (χ2v) is 6.88. The van der Waals surface area contributed by atoms with Crippen LogP contribution in [-0.2, 0) is 10.0 Å². The van der Waals surface area contributed by atoms with E-state index in [-0.39, 0.29) is 11.6 Å². The first-order chi connectivity index (χ1) is 9.40. The van der Waals surface area contributed by atoms with E-state index < -0.39 is 16.1 Å². The molecule has 0 aliphatic heterocycles. The molecule has 6 heteroatoms. The van der Waals surface area contributed by atoms with Crippen molar-refractivity contribution in [2.45, 2.75) is 26.3 Å². The van der Waals surface area contributed by atoms with Crippen LogP contribution in [0.25, 0.3) is 0 Å². The highest BCUT2D eigenvalue weighted by Gasteiger charge is 2.25. The molecule has 0 heterocycles. The van der Waals surface area contributed by atoms with E-state index in [1.54, 1.807) is 25.1 Å². The summed E-state index contributed by atoms with van der Waals surface area (Å²) in [5.74, 6) is -0.315. The fourth-order valence-corrected chi connectivity index (χ4v) is 3.34. The van der Waals surface area contributed by atoms with Crippen molar-refractivity contribution in [1.29, 1.82) is 0 Å². The SMILES string of the molecule is CCNCCCS(=O)(=O)N(C)C(C)c1ccccc1F. The Hall–Kier alpha value is -0.980. The third-order valence-corrected chi connectivity index (χ3v) is 5.34. The van der Waals surface area contributed by atoms with Gasteiger partial charge in [-0.3, -0.25) is 0 Å². The summed E-state index contributed by atoms with van der Waals surface area (Å²) in [5, 5.41) is 3.09. The molecule has 0 spiro atoms. The summed E-state index contributed by atoms with van der Waals surface area (Å²) in [6, 6.07) is 5.75. The molecular formula is C14H23FN2O2S. The Balaban J connectivity index is 2.73. The summed E-state index contributed by atoms with van der Waals surface area (Å²) < 4.78 is 39.3. The Bertz CT molecular complexity index is 520. The van der Waals surface area contributed by atoms with Crippen LogP contribution in [0.1, 0.15) is 31.9 Å². The molecule has 0 fully saturated rings. The van der Waals surface area contributed by atoms with Crippen LogP contribution in [-0.4, -0.2) is 38.6 Å². The number of sulfonamides is 1. The quantitative estimate of drug-likeness (QED) is 0.749.